The Morgan fingerprint density at radius 3 is 2.96 bits per heavy atom. The number of thiophene rings is 1. The van der Waals surface area contributed by atoms with Gasteiger partial charge in [-0.25, -0.2) is 9.97 Å². The smallest absolute Gasteiger partial charge is 0.146 e. The monoisotopic (exact) mass is 348 g/mol. The zero-order chi connectivity index (χ0) is 16.4. The first kappa shape index (κ1) is 16.2. The lowest BCUT2D eigenvalue weighted by Crippen LogP contribution is -2.36. The Balaban J connectivity index is 1.65. The lowest BCUT2D eigenvalue weighted by atomic mass is 10.2. The Morgan fingerprint density at radius 1 is 1.25 bits per heavy atom. The van der Waals surface area contributed by atoms with Crippen LogP contribution in [0.5, 0.6) is 0 Å². The van der Waals surface area contributed by atoms with Gasteiger partial charge in [-0.1, -0.05) is 0 Å². The number of aryl methyl sites for hydroxylation is 2. The highest BCUT2D eigenvalue weighted by molar-refractivity contribution is 7.19. The van der Waals surface area contributed by atoms with Crippen LogP contribution < -0.4 is 5.32 Å². The summed E-state index contributed by atoms with van der Waals surface area (Å²) >= 11 is 1.85. The van der Waals surface area contributed by atoms with Crippen molar-refractivity contribution in [1.29, 1.82) is 0 Å². The molecule has 0 amide bonds. The number of nitrogens with one attached hydrogen (secondary N) is 1. The van der Waals surface area contributed by atoms with Crippen molar-refractivity contribution in [3.63, 3.8) is 0 Å². The maximum absolute atomic E-state index is 5.43. The molecule has 2 aromatic heterocycles. The number of anilines is 1. The molecule has 0 spiro atoms. The quantitative estimate of drug-likeness (QED) is 0.807. The average Bonchev–Trinajstić information content (AvgIpc) is 3.16. The predicted molar refractivity (Wildman–Crippen MR) is 95.9 cm³/mol. The minimum atomic E-state index is 0.677. The van der Waals surface area contributed by atoms with Crippen LogP contribution in [-0.4, -0.2) is 61.4 Å². The Labute approximate surface area is 146 Å². The lowest BCUT2D eigenvalue weighted by molar-refractivity contribution is 0.0331. The summed E-state index contributed by atoms with van der Waals surface area (Å²) in [6.45, 7) is 5.74. The van der Waals surface area contributed by atoms with Crippen molar-refractivity contribution in [3.05, 3.63) is 16.3 Å². The first-order valence-electron chi connectivity index (χ1n) is 8.69. The number of morpholine rings is 1. The highest BCUT2D eigenvalue weighted by Gasteiger charge is 2.23. The van der Waals surface area contributed by atoms with E-state index in [2.05, 4.69) is 10.2 Å². The number of fused-ring (bicyclic) bond motifs is 3. The maximum Gasteiger partial charge on any atom is 0.146 e. The number of nitrogens with zero attached hydrogens (tertiary/aromatic N) is 3. The zero-order valence-corrected chi connectivity index (χ0v) is 15.0. The van der Waals surface area contributed by atoms with E-state index in [1.807, 2.05) is 11.3 Å². The summed E-state index contributed by atoms with van der Waals surface area (Å²) in [5.74, 6) is 1.89. The van der Waals surface area contributed by atoms with E-state index in [1.165, 1.54) is 28.7 Å². The van der Waals surface area contributed by atoms with Gasteiger partial charge in [0.15, 0.2) is 0 Å². The molecule has 1 aliphatic heterocycles. The molecule has 1 fully saturated rings. The predicted octanol–water partition coefficient (Wildman–Crippen LogP) is 2.07. The van der Waals surface area contributed by atoms with Crippen molar-refractivity contribution in [2.24, 2.45) is 0 Å². The number of ether oxygens (including phenoxy) is 2. The minimum Gasteiger partial charge on any atom is -0.383 e. The summed E-state index contributed by atoms with van der Waals surface area (Å²) < 4.78 is 10.6. The Bertz CT molecular complexity index is 712. The minimum absolute atomic E-state index is 0.677. The molecule has 1 saturated heterocycles. The molecule has 0 aromatic carbocycles. The summed E-state index contributed by atoms with van der Waals surface area (Å²) in [6.07, 6.45) is 3.59. The van der Waals surface area contributed by atoms with E-state index < -0.39 is 0 Å². The van der Waals surface area contributed by atoms with Crippen LogP contribution in [0.2, 0.25) is 0 Å². The standard InChI is InChI=1S/C17H24N4O2S/c1-22-8-5-18-16-15-12-3-2-4-13(12)24-17(15)20-14(19-16)11-21-6-9-23-10-7-21/h2-11H2,1H3,(H,18,19,20). The van der Waals surface area contributed by atoms with Crippen LogP contribution in [0.4, 0.5) is 5.82 Å². The fraction of sp³-hybridized carbons (Fsp3) is 0.647. The Hall–Kier alpha value is -1.28. The van der Waals surface area contributed by atoms with E-state index in [-0.39, 0.29) is 0 Å². The van der Waals surface area contributed by atoms with Gasteiger partial charge >= 0.3 is 0 Å². The number of hydrogen-bond acceptors (Lipinski definition) is 7. The third-order valence-electron chi connectivity index (χ3n) is 4.68. The number of methoxy groups -OCH3 is 1. The maximum atomic E-state index is 5.43. The van der Waals surface area contributed by atoms with Crippen LogP contribution >= 0.6 is 11.3 Å². The van der Waals surface area contributed by atoms with Crippen molar-refractivity contribution in [2.75, 3.05) is 51.9 Å². The van der Waals surface area contributed by atoms with E-state index in [0.29, 0.717) is 6.61 Å². The van der Waals surface area contributed by atoms with E-state index >= 15 is 0 Å². The van der Waals surface area contributed by atoms with Crippen molar-refractivity contribution in [2.45, 2.75) is 25.8 Å². The molecule has 0 radical (unpaired) electrons. The molecule has 0 unspecified atom stereocenters. The molecule has 7 heteroatoms. The zero-order valence-electron chi connectivity index (χ0n) is 14.1. The van der Waals surface area contributed by atoms with Gasteiger partial charge in [0, 0.05) is 31.6 Å². The van der Waals surface area contributed by atoms with E-state index in [9.17, 15) is 0 Å². The molecule has 0 atom stereocenters. The fourth-order valence-corrected chi connectivity index (χ4v) is 4.75. The van der Waals surface area contributed by atoms with Crippen molar-refractivity contribution in [1.82, 2.24) is 14.9 Å². The lowest BCUT2D eigenvalue weighted by Gasteiger charge is -2.25. The van der Waals surface area contributed by atoms with Gasteiger partial charge in [0.1, 0.15) is 16.5 Å². The third-order valence-corrected chi connectivity index (χ3v) is 5.86. The molecule has 3 heterocycles. The normalized spacial score (nSPS) is 18.2. The van der Waals surface area contributed by atoms with Crippen molar-refractivity contribution >= 4 is 27.4 Å². The molecule has 0 saturated carbocycles. The van der Waals surface area contributed by atoms with Crippen LogP contribution in [0.1, 0.15) is 22.7 Å². The molecule has 130 valence electrons. The molecule has 1 N–H and O–H groups in total. The number of hydrogen-bond donors (Lipinski definition) is 1. The van der Waals surface area contributed by atoms with Gasteiger partial charge in [0.25, 0.3) is 0 Å². The topological polar surface area (TPSA) is 59.5 Å². The van der Waals surface area contributed by atoms with Crippen LogP contribution in [0.15, 0.2) is 0 Å². The van der Waals surface area contributed by atoms with Crippen LogP contribution in [0, 0.1) is 0 Å². The van der Waals surface area contributed by atoms with Gasteiger partial charge in [-0.2, -0.15) is 0 Å². The second kappa shape index (κ2) is 7.31. The highest BCUT2D eigenvalue weighted by Crippen LogP contribution is 2.39. The van der Waals surface area contributed by atoms with Gasteiger partial charge in [-0.15, -0.1) is 11.3 Å². The van der Waals surface area contributed by atoms with Crippen molar-refractivity contribution in [3.8, 4) is 0 Å². The van der Waals surface area contributed by atoms with Gasteiger partial charge in [-0.05, 0) is 24.8 Å². The Kier molecular flexibility index (Phi) is 4.93. The van der Waals surface area contributed by atoms with Crippen molar-refractivity contribution < 1.29 is 9.47 Å². The second-order valence-corrected chi connectivity index (χ2v) is 7.42. The molecular formula is C17H24N4O2S. The van der Waals surface area contributed by atoms with Gasteiger partial charge in [-0.3, -0.25) is 4.90 Å². The third kappa shape index (κ3) is 3.26. The number of rotatable bonds is 6. The first-order chi connectivity index (χ1) is 11.8. The summed E-state index contributed by atoms with van der Waals surface area (Å²) in [4.78, 5) is 14.7. The van der Waals surface area contributed by atoms with Gasteiger partial charge in [0.05, 0.1) is 31.8 Å². The Morgan fingerprint density at radius 2 is 2.12 bits per heavy atom. The van der Waals surface area contributed by atoms with E-state index in [1.54, 1.807) is 7.11 Å². The SMILES string of the molecule is COCCNc1nc(CN2CCOCC2)nc2sc3c(c12)CCC3. The molecular weight excluding hydrogens is 324 g/mol. The average molecular weight is 348 g/mol. The first-order valence-corrected chi connectivity index (χ1v) is 9.51. The van der Waals surface area contributed by atoms with E-state index in [4.69, 9.17) is 19.4 Å². The fourth-order valence-electron chi connectivity index (χ4n) is 3.47. The molecule has 4 rings (SSSR count). The molecule has 2 aromatic rings. The molecule has 2 aliphatic rings. The molecule has 24 heavy (non-hydrogen) atoms. The van der Waals surface area contributed by atoms with Gasteiger partial charge in [0.2, 0.25) is 0 Å². The number of aromatic nitrogens is 2. The largest absolute Gasteiger partial charge is 0.383 e. The van der Waals surface area contributed by atoms with Crippen LogP contribution in [0.3, 0.4) is 0 Å². The summed E-state index contributed by atoms with van der Waals surface area (Å²) in [5, 5.41) is 4.71. The van der Waals surface area contributed by atoms with E-state index in [0.717, 1.165) is 62.3 Å². The summed E-state index contributed by atoms with van der Waals surface area (Å²) in [5.41, 5.74) is 1.47. The van der Waals surface area contributed by atoms with Crippen LogP contribution in [0.25, 0.3) is 10.2 Å². The summed E-state index contributed by atoms with van der Waals surface area (Å²) in [6, 6.07) is 0. The molecule has 0 bridgehead atoms. The highest BCUT2D eigenvalue weighted by atomic mass is 32.1. The second-order valence-electron chi connectivity index (χ2n) is 6.33. The van der Waals surface area contributed by atoms with Crippen LogP contribution in [-0.2, 0) is 28.9 Å². The van der Waals surface area contributed by atoms with Gasteiger partial charge < -0.3 is 14.8 Å². The molecule has 6 nitrogen and oxygen atoms in total. The summed E-state index contributed by atoms with van der Waals surface area (Å²) in [7, 11) is 1.73. The molecule has 1 aliphatic carbocycles.